The largest absolute Gasteiger partial charge is 0.490 e. The van der Waals surface area contributed by atoms with Gasteiger partial charge in [-0.3, -0.25) is 9.69 Å². The Labute approximate surface area is 144 Å². The lowest BCUT2D eigenvalue weighted by Crippen LogP contribution is -2.42. The van der Waals surface area contributed by atoms with Crippen LogP contribution in [0.2, 0.25) is 0 Å². The molecule has 2 rings (SSSR count). The molecule has 1 aromatic rings. The van der Waals surface area contributed by atoms with Crippen LogP contribution in [0.3, 0.4) is 0 Å². The van der Waals surface area contributed by atoms with Gasteiger partial charge in [-0.25, -0.2) is 0 Å². The number of hydrogen-bond acceptors (Lipinski definition) is 4. The summed E-state index contributed by atoms with van der Waals surface area (Å²) in [5.41, 5.74) is 1.06. The first-order valence-electron chi connectivity index (χ1n) is 8.87. The van der Waals surface area contributed by atoms with Gasteiger partial charge in [0.2, 0.25) is 0 Å². The molecule has 5 nitrogen and oxygen atoms in total. The molecule has 1 saturated heterocycles. The topological polar surface area (TPSA) is 59.0 Å². The Hall–Kier alpha value is -1.75. The fourth-order valence-corrected chi connectivity index (χ4v) is 3.33. The summed E-state index contributed by atoms with van der Waals surface area (Å²) in [4.78, 5) is 13.6. The van der Waals surface area contributed by atoms with E-state index in [1.54, 1.807) is 0 Å². The molecule has 2 unspecified atom stereocenters. The second-order valence-electron chi connectivity index (χ2n) is 6.60. The number of para-hydroxylation sites is 1. The smallest absolute Gasteiger partial charge is 0.307 e. The summed E-state index contributed by atoms with van der Waals surface area (Å²) in [6, 6.07) is 5.95. The molecule has 0 aliphatic carbocycles. The number of benzene rings is 1. The van der Waals surface area contributed by atoms with E-state index in [4.69, 9.17) is 9.47 Å². The predicted molar refractivity (Wildman–Crippen MR) is 93.6 cm³/mol. The van der Waals surface area contributed by atoms with Gasteiger partial charge < -0.3 is 14.6 Å². The maximum atomic E-state index is 11.4. The van der Waals surface area contributed by atoms with Gasteiger partial charge >= 0.3 is 5.97 Å². The van der Waals surface area contributed by atoms with Crippen molar-refractivity contribution in [1.82, 2.24) is 4.90 Å². The molecule has 1 aliphatic rings. The zero-order valence-corrected chi connectivity index (χ0v) is 15.0. The number of carboxylic acid groups (broad SMARTS) is 1. The van der Waals surface area contributed by atoms with E-state index in [1.165, 1.54) is 0 Å². The number of ether oxygens (including phenoxy) is 2. The molecule has 1 heterocycles. The van der Waals surface area contributed by atoms with Crippen molar-refractivity contribution < 1.29 is 19.4 Å². The van der Waals surface area contributed by atoms with Gasteiger partial charge in [0.05, 0.1) is 19.1 Å². The van der Waals surface area contributed by atoms with Crippen molar-refractivity contribution in [2.45, 2.75) is 40.2 Å². The normalized spacial score (nSPS) is 21.5. The van der Waals surface area contributed by atoms with Gasteiger partial charge in [0.15, 0.2) is 11.5 Å². The van der Waals surface area contributed by atoms with E-state index in [-0.39, 0.29) is 5.92 Å². The first kappa shape index (κ1) is 18.6. The number of hydrogen-bond donors (Lipinski definition) is 1. The zero-order valence-electron chi connectivity index (χ0n) is 15.0. The molecule has 1 fully saturated rings. The fraction of sp³-hybridized carbons (Fsp3) is 0.632. The maximum absolute atomic E-state index is 11.4. The number of nitrogens with zero attached hydrogens (tertiary/aromatic N) is 1. The molecule has 0 saturated carbocycles. The zero-order chi connectivity index (χ0) is 17.5. The molecule has 1 aliphatic heterocycles. The van der Waals surface area contributed by atoms with E-state index in [0.29, 0.717) is 32.2 Å². The van der Waals surface area contributed by atoms with Crippen LogP contribution in [0.4, 0.5) is 0 Å². The summed E-state index contributed by atoms with van der Waals surface area (Å²) in [6.07, 6.45) is 1.69. The molecule has 2 atom stereocenters. The van der Waals surface area contributed by atoms with Crippen molar-refractivity contribution in [3.8, 4) is 11.5 Å². The fourth-order valence-electron chi connectivity index (χ4n) is 3.33. The van der Waals surface area contributed by atoms with E-state index < -0.39 is 5.97 Å². The summed E-state index contributed by atoms with van der Waals surface area (Å²) >= 11 is 0. The molecule has 1 N–H and O–H groups in total. The third-order valence-electron chi connectivity index (χ3n) is 4.29. The molecule has 5 heteroatoms. The van der Waals surface area contributed by atoms with Gasteiger partial charge in [-0.05, 0) is 31.7 Å². The Balaban J connectivity index is 2.18. The summed E-state index contributed by atoms with van der Waals surface area (Å²) in [6.45, 7) is 9.58. The van der Waals surface area contributed by atoms with E-state index in [1.807, 2.05) is 25.1 Å². The summed E-state index contributed by atoms with van der Waals surface area (Å²) in [5, 5.41) is 9.35. The highest BCUT2D eigenvalue weighted by Gasteiger charge is 2.30. The molecule has 0 bridgehead atoms. The molecular weight excluding hydrogens is 306 g/mol. The highest BCUT2D eigenvalue weighted by Crippen LogP contribution is 2.33. The number of aliphatic carboxylic acids is 1. The van der Waals surface area contributed by atoms with Crippen molar-refractivity contribution in [1.29, 1.82) is 0 Å². The third-order valence-corrected chi connectivity index (χ3v) is 4.29. The van der Waals surface area contributed by atoms with Gasteiger partial charge in [0.1, 0.15) is 0 Å². The summed E-state index contributed by atoms with van der Waals surface area (Å²) in [5.74, 6) is 0.963. The van der Waals surface area contributed by atoms with Crippen LogP contribution in [-0.4, -0.2) is 42.3 Å². The molecule has 0 spiro atoms. The molecule has 24 heavy (non-hydrogen) atoms. The molecule has 0 aromatic heterocycles. The van der Waals surface area contributed by atoms with Crippen LogP contribution in [0, 0.1) is 11.8 Å². The lowest BCUT2D eigenvalue weighted by Gasteiger charge is -2.35. The van der Waals surface area contributed by atoms with E-state index >= 15 is 0 Å². The minimum Gasteiger partial charge on any atom is -0.490 e. The number of likely N-dealkylation sites (tertiary alicyclic amines) is 1. The number of carbonyl (C=O) groups is 1. The summed E-state index contributed by atoms with van der Waals surface area (Å²) in [7, 11) is 0. The third kappa shape index (κ3) is 4.87. The van der Waals surface area contributed by atoms with Crippen molar-refractivity contribution in [2.75, 3.05) is 26.3 Å². The average Bonchev–Trinajstić information content (AvgIpc) is 2.54. The van der Waals surface area contributed by atoms with E-state index in [2.05, 4.69) is 18.7 Å². The number of piperidine rings is 1. The van der Waals surface area contributed by atoms with Gasteiger partial charge in [-0.1, -0.05) is 26.0 Å². The van der Waals surface area contributed by atoms with E-state index in [9.17, 15) is 9.90 Å². The monoisotopic (exact) mass is 335 g/mol. The standard InChI is InChI=1S/C19H29NO4/c1-4-9-24-18-15(7-6-8-17(18)23-5-2)12-20-11-14(3)10-16(13-20)19(21)22/h6-8,14,16H,4-5,9-13H2,1-3H3,(H,21,22). The second kappa shape index (κ2) is 8.92. The molecule has 1 aromatic carbocycles. The number of carboxylic acids is 1. The number of rotatable bonds is 8. The van der Waals surface area contributed by atoms with Crippen molar-refractivity contribution in [3.05, 3.63) is 23.8 Å². The van der Waals surface area contributed by atoms with Crippen LogP contribution < -0.4 is 9.47 Å². The highest BCUT2D eigenvalue weighted by atomic mass is 16.5. The average molecular weight is 335 g/mol. The van der Waals surface area contributed by atoms with Crippen LogP contribution in [0.15, 0.2) is 18.2 Å². The van der Waals surface area contributed by atoms with Crippen LogP contribution in [0.1, 0.15) is 39.2 Å². The molecule has 134 valence electrons. The summed E-state index contributed by atoms with van der Waals surface area (Å²) < 4.78 is 11.7. The van der Waals surface area contributed by atoms with Crippen LogP contribution in [-0.2, 0) is 11.3 Å². The van der Waals surface area contributed by atoms with Gasteiger partial charge in [-0.15, -0.1) is 0 Å². The van der Waals surface area contributed by atoms with Crippen molar-refractivity contribution in [3.63, 3.8) is 0 Å². The van der Waals surface area contributed by atoms with Crippen molar-refractivity contribution >= 4 is 5.97 Å². The quantitative estimate of drug-likeness (QED) is 0.789. The van der Waals surface area contributed by atoms with Crippen LogP contribution in [0.5, 0.6) is 11.5 Å². The van der Waals surface area contributed by atoms with E-state index in [0.717, 1.165) is 36.4 Å². The van der Waals surface area contributed by atoms with Crippen LogP contribution >= 0.6 is 0 Å². The minimum atomic E-state index is -0.697. The molecule has 0 radical (unpaired) electrons. The maximum Gasteiger partial charge on any atom is 0.307 e. The Bertz CT molecular complexity index is 546. The lowest BCUT2D eigenvalue weighted by atomic mass is 9.90. The van der Waals surface area contributed by atoms with Crippen molar-refractivity contribution in [2.24, 2.45) is 11.8 Å². The Morgan fingerprint density at radius 3 is 2.75 bits per heavy atom. The Morgan fingerprint density at radius 2 is 2.08 bits per heavy atom. The second-order valence-corrected chi connectivity index (χ2v) is 6.60. The first-order valence-corrected chi connectivity index (χ1v) is 8.87. The Morgan fingerprint density at radius 1 is 1.29 bits per heavy atom. The predicted octanol–water partition coefficient (Wildman–Crippen LogP) is 3.42. The Kier molecular flexibility index (Phi) is 6.91. The minimum absolute atomic E-state index is 0.288. The van der Waals surface area contributed by atoms with Gasteiger partial charge in [-0.2, -0.15) is 0 Å². The first-order chi connectivity index (χ1) is 11.5. The highest BCUT2D eigenvalue weighted by molar-refractivity contribution is 5.70. The van der Waals surface area contributed by atoms with Gasteiger partial charge in [0, 0.05) is 25.2 Å². The molecular formula is C19H29NO4. The molecule has 0 amide bonds. The SMILES string of the molecule is CCCOc1c(CN2CC(C)CC(C(=O)O)C2)cccc1OCC. The van der Waals surface area contributed by atoms with Gasteiger partial charge in [0.25, 0.3) is 0 Å². The lowest BCUT2D eigenvalue weighted by molar-refractivity contribution is -0.144. The van der Waals surface area contributed by atoms with Crippen LogP contribution in [0.25, 0.3) is 0 Å².